The maximum atomic E-state index is 13.7. The van der Waals surface area contributed by atoms with Crippen molar-refractivity contribution in [3.8, 4) is 0 Å². The Morgan fingerprint density at radius 1 is 1.29 bits per heavy atom. The van der Waals surface area contributed by atoms with Gasteiger partial charge in [-0.1, -0.05) is 38.5 Å². The molecule has 0 aromatic carbocycles. The third-order valence-electron chi connectivity index (χ3n) is 8.40. The van der Waals surface area contributed by atoms with E-state index >= 15 is 0 Å². The molecule has 5 atom stereocenters. The summed E-state index contributed by atoms with van der Waals surface area (Å²) >= 11 is 0. The number of carbonyl (C=O) groups is 1. The number of halogens is 3. The van der Waals surface area contributed by atoms with Gasteiger partial charge in [0.2, 0.25) is 5.91 Å². The highest BCUT2D eigenvalue weighted by Crippen LogP contribution is 2.57. The first-order valence-corrected chi connectivity index (χ1v) is 12.9. The summed E-state index contributed by atoms with van der Waals surface area (Å²) in [6, 6.07) is 0. The van der Waals surface area contributed by atoms with Crippen LogP contribution in [-0.2, 0) is 9.53 Å². The van der Waals surface area contributed by atoms with Crippen molar-refractivity contribution in [3.05, 3.63) is 35.5 Å². The molecule has 34 heavy (non-hydrogen) atoms. The van der Waals surface area contributed by atoms with Crippen LogP contribution < -0.4 is 0 Å². The van der Waals surface area contributed by atoms with E-state index in [4.69, 9.17) is 4.74 Å². The van der Waals surface area contributed by atoms with Gasteiger partial charge in [0.15, 0.2) is 0 Å². The lowest BCUT2D eigenvalue weighted by Crippen LogP contribution is -2.46. The Morgan fingerprint density at radius 3 is 2.62 bits per heavy atom. The van der Waals surface area contributed by atoms with Gasteiger partial charge in [-0.3, -0.25) is 4.79 Å². The SMILES string of the molecule is C=C/C(=C\C1=C(C)CCN(C(=O)C23CCCC2CC(C)C3)C1)C(C)(F)F.C[C@@H]1CCOCC1F. The molecule has 1 saturated heterocycles. The first kappa shape index (κ1) is 27.0. The zero-order valence-electron chi connectivity index (χ0n) is 21.3. The largest absolute Gasteiger partial charge is 0.378 e. The van der Waals surface area contributed by atoms with Crippen molar-refractivity contribution < 1.29 is 22.7 Å². The van der Waals surface area contributed by atoms with Crippen molar-refractivity contribution >= 4 is 5.91 Å². The first-order valence-electron chi connectivity index (χ1n) is 12.9. The highest BCUT2D eigenvalue weighted by atomic mass is 19.3. The standard InChI is InChI=1S/C22H31F2NO.C6H11FO/c1-5-18(21(4,23)24)12-17-14-25(10-8-16(17)3)20(26)22-9-6-7-19(22)11-15(2)13-22;1-5-2-3-8-4-6(5)7/h5,12,15,19H,1,6-11,13-14H2,2-4H3;5-6H,2-4H2,1H3/b18-12+;/t;5-,6?/m.1/s1. The minimum atomic E-state index is -2.92. The number of hydrogen-bond donors (Lipinski definition) is 0. The van der Waals surface area contributed by atoms with Crippen LogP contribution in [0.4, 0.5) is 13.2 Å². The van der Waals surface area contributed by atoms with Gasteiger partial charge in [0, 0.05) is 32.2 Å². The molecule has 2 saturated carbocycles. The first-order chi connectivity index (χ1) is 16.0. The number of allylic oxidation sites excluding steroid dienone is 2. The molecule has 0 radical (unpaired) electrons. The smallest absolute Gasteiger partial charge is 0.270 e. The number of carbonyl (C=O) groups excluding carboxylic acids is 1. The molecule has 0 bridgehead atoms. The van der Waals surface area contributed by atoms with Crippen molar-refractivity contribution in [2.24, 2.45) is 23.2 Å². The number of fused-ring (bicyclic) bond motifs is 1. The third-order valence-corrected chi connectivity index (χ3v) is 8.40. The fourth-order valence-electron chi connectivity index (χ4n) is 6.22. The van der Waals surface area contributed by atoms with Crippen molar-refractivity contribution in [3.63, 3.8) is 0 Å². The number of amides is 1. The fraction of sp³-hybridized carbons (Fsp3) is 0.750. The highest BCUT2D eigenvalue weighted by Gasteiger charge is 2.55. The maximum Gasteiger partial charge on any atom is 0.270 e. The predicted octanol–water partition coefficient (Wildman–Crippen LogP) is 6.90. The molecule has 4 rings (SSSR count). The predicted molar refractivity (Wildman–Crippen MR) is 130 cm³/mol. The molecule has 0 N–H and O–H groups in total. The second-order valence-corrected chi connectivity index (χ2v) is 11.1. The van der Waals surface area contributed by atoms with E-state index in [2.05, 4.69) is 13.5 Å². The lowest BCUT2D eigenvalue weighted by atomic mass is 9.78. The zero-order chi connectivity index (χ0) is 25.1. The van der Waals surface area contributed by atoms with Gasteiger partial charge < -0.3 is 9.64 Å². The quantitative estimate of drug-likeness (QED) is 0.409. The number of hydrogen-bond acceptors (Lipinski definition) is 2. The Labute approximate surface area is 203 Å². The van der Waals surface area contributed by atoms with Gasteiger partial charge in [0.05, 0.1) is 12.0 Å². The molecule has 3 nitrogen and oxygen atoms in total. The molecule has 2 aliphatic heterocycles. The second-order valence-electron chi connectivity index (χ2n) is 11.1. The Morgan fingerprint density at radius 2 is 2.03 bits per heavy atom. The molecular weight excluding hydrogens is 439 g/mol. The van der Waals surface area contributed by atoms with Gasteiger partial charge in [-0.15, -0.1) is 0 Å². The molecule has 1 amide bonds. The Hall–Kier alpha value is -1.56. The number of ether oxygens (including phenoxy) is 1. The summed E-state index contributed by atoms with van der Waals surface area (Å²) in [7, 11) is 0. The van der Waals surface area contributed by atoms with E-state index in [0.717, 1.165) is 69.6 Å². The van der Waals surface area contributed by atoms with Crippen LogP contribution in [0.25, 0.3) is 0 Å². The third kappa shape index (κ3) is 5.98. The van der Waals surface area contributed by atoms with Crippen molar-refractivity contribution in [2.45, 2.75) is 84.7 Å². The van der Waals surface area contributed by atoms with Crippen LogP contribution in [0.2, 0.25) is 0 Å². The summed E-state index contributed by atoms with van der Waals surface area (Å²) in [5, 5.41) is 0. The molecule has 0 spiro atoms. The van der Waals surface area contributed by atoms with Crippen LogP contribution in [0.15, 0.2) is 35.5 Å². The molecule has 6 heteroatoms. The van der Waals surface area contributed by atoms with E-state index in [1.807, 2.05) is 18.7 Å². The molecule has 192 valence electrons. The Kier molecular flexibility index (Phi) is 8.75. The maximum absolute atomic E-state index is 13.7. The molecule has 4 unspecified atom stereocenters. The van der Waals surface area contributed by atoms with Gasteiger partial charge in [-0.2, -0.15) is 0 Å². The van der Waals surface area contributed by atoms with Crippen LogP contribution in [0.5, 0.6) is 0 Å². The number of nitrogens with zero attached hydrogens (tertiary/aromatic N) is 1. The van der Waals surface area contributed by atoms with Gasteiger partial charge >= 0.3 is 0 Å². The van der Waals surface area contributed by atoms with E-state index in [-0.39, 0.29) is 22.8 Å². The van der Waals surface area contributed by atoms with E-state index in [9.17, 15) is 18.0 Å². The van der Waals surface area contributed by atoms with E-state index in [1.54, 1.807) is 6.08 Å². The summed E-state index contributed by atoms with van der Waals surface area (Å²) in [6.45, 7) is 12.8. The van der Waals surface area contributed by atoms with Crippen LogP contribution in [0.1, 0.15) is 72.6 Å². The van der Waals surface area contributed by atoms with Crippen LogP contribution in [0, 0.1) is 23.2 Å². The molecule has 0 aromatic heterocycles. The van der Waals surface area contributed by atoms with Gasteiger partial charge in [-0.25, -0.2) is 13.2 Å². The van der Waals surface area contributed by atoms with Gasteiger partial charge in [-0.05, 0) is 74.9 Å². The topological polar surface area (TPSA) is 29.5 Å². The lowest BCUT2D eigenvalue weighted by molar-refractivity contribution is -0.143. The van der Waals surface area contributed by atoms with Crippen LogP contribution >= 0.6 is 0 Å². The van der Waals surface area contributed by atoms with Crippen LogP contribution in [-0.4, -0.2) is 49.2 Å². The summed E-state index contributed by atoms with van der Waals surface area (Å²) in [5.74, 6) is -1.32. The zero-order valence-corrected chi connectivity index (χ0v) is 21.3. The molecule has 2 aliphatic carbocycles. The summed E-state index contributed by atoms with van der Waals surface area (Å²) in [4.78, 5) is 15.4. The molecule has 3 fully saturated rings. The average Bonchev–Trinajstić information content (AvgIpc) is 3.31. The number of alkyl halides is 3. The monoisotopic (exact) mass is 481 g/mol. The Balaban J connectivity index is 0.000000343. The fourth-order valence-corrected chi connectivity index (χ4v) is 6.22. The summed E-state index contributed by atoms with van der Waals surface area (Å²) in [6.07, 6.45) is 9.13. The average molecular weight is 482 g/mol. The minimum absolute atomic E-state index is 0.0763. The highest BCUT2D eigenvalue weighted by molar-refractivity contribution is 5.84. The molecule has 0 aromatic rings. The van der Waals surface area contributed by atoms with Crippen molar-refractivity contribution in [2.75, 3.05) is 26.3 Å². The summed E-state index contributed by atoms with van der Waals surface area (Å²) < 4.78 is 44.8. The van der Waals surface area contributed by atoms with Gasteiger partial charge in [0.1, 0.15) is 6.17 Å². The van der Waals surface area contributed by atoms with E-state index in [1.165, 1.54) is 6.08 Å². The van der Waals surface area contributed by atoms with Gasteiger partial charge in [0.25, 0.3) is 5.92 Å². The summed E-state index contributed by atoms with van der Waals surface area (Å²) in [5.41, 5.74) is 1.68. The van der Waals surface area contributed by atoms with E-state index < -0.39 is 12.1 Å². The molecule has 2 heterocycles. The van der Waals surface area contributed by atoms with E-state index in [0.29, 0.717) is 31.5 Å². The van der Waals surface area contributed by atoms with Crippen molar-refractivity contribution in [1.82, 2.24) is 4.90 Å². The molecular formula is C28H42F3NO2. The van der Waals surface area contributed by atoms with Crippen LogP contribution in [0.3, 0.4) is 0 Å². The normalized spacial score (nSPS) is 34.4. The van der Waals surface area contributed by atoms with Crippen molar-refractivity contribution in [1.29, 1.82) is 0 Å². The molecule has 4 aliphatic rings. The minimum Gasteiger partial charge on any atom is -0.378 e. The number of rotatable bonds is 4. The lowest BCUT2D eigenvalue weighted by Gasteiger charge is -2.38. The second kappa shape index (κ2) is 11.0. The Bertz CT molecular complexity index is 805.